The molecule has 1 saturated heterocycles. The van der Waals surface area contributed by atoms with Crippen molar-refractivity contribution in [2.45, 2.75) is 52.2 Å². The Morgan fingerprint density at radius 2 is 1.96 bits per heavy atom. The van der Waals surface area contributed by atoms with E-state index in [2.05, 4.69) is 40.9 Å². The average Bonchev–Trinajstić information content (AvgIpc) is 3.15. The lowest BCUT2D eigenvalue weighted by Gasteiger charge is -2.28. The molecule has 2 aliphatic rings. The normalized spacial score (nSPS) is 17.6. The number of hydrogen-bond donors (Lipinski definition) is 0. The van der Waals surface area contributed by atoms with Crippen LogP contribution in [0.2, 0.25) is 0 Å². The molecule has 0 saturated carbocycles. The largest absolute Gasteiger partial charge is 0.487 e. The lowest BCUT2D eigenvalue weighted by atomic mass is 10.0. The topological polar surface area (TPSA) is 41.5 Å². The van der Waals surface area contributed by atoms with Crippen molar-refractivity contribution in [2.75, 3.05) is 31.6 Å². The summed E-state index contributed by atoms with van der Waals surface area (Å²) in [5, 5.41) is 0. The van der Waals surface area contributed by atoms with Crippen molar-refractivity contribution in [3.63, 3.8) is 0 Å². The zero-order valence-electron chi connectivity index (χ0n) is 16.7. The first-order valence-electron chi connectivity index (χ1n) is 10.1. The predicted molar refractivity (Wildman–Crippen MR) is 109 cm³/mol. The van der Waals surface area contributed by atoms with Crippen molar-refractivity contribution in [1.82, 2.24) is 14.9 Å². The summed E-state index contributed by atoms with van der Waals surface area (Å²) < 4.78 is 6.01. The van der Waals surface area contributed by atoms with E-state index in [1.54, 1.807) is 0 Å². The fourth-order valence-electron chi connectivity index (χ4n) is 4.23. The van der Waals surface area contributed by atoms with Gasteiger partial charge in [0.15, 0.2) is 0 Å². The van der Waals surface area contributed by atoms with Gasteiger partial charge in [-0.25, -0.2) is 9.97 Å². The van der Waals surface area contributed by atoms with Crippen molar-refractivity contribution in [1.29, 1.82) is 0 Å². The predicted octanol–water partition coefficient (Wildman–Crippen LogP) is 3.58. The van der Waals surface area contributed by atoms with Gasteiger partial charge in [0.1, 0.15) is 24.0 Å². The van der Waals surface area contributed by atoms with Crippen molar-refractivity contribution in [2.24, 2.45) is 0 Å². The number of aryl methyl sites for hydroxylation is 1. The molecule has 0 N–H and O–H groups in total. The maximum Gasteiger partial charge on any atom is 0.135 e. The number of ether oxygens (including phenoxy) is 1. The van der Waals surface area contributed by atoms with E-state index in [4.69, 9.17) is 9.72 Å². The molecule has 1 atom stereocenters. The Morgan fingerprint density at radius 1 is 1.19 bits per heavy atom. The molecule has 0 spiro atoms. The Balaban J connectivity index is 1.55. The van der Waals surface area contributed by atoms with E-state index in [0.29, 0.717) is 12.6 Å². The molecule has 0 unspecified atom stereocenters. The molecule has 3 heterocycles. The number of benzene rings is 1. The quantitative estimate of drug-likeness (QED) is 0.809. The fraction of sp³-hybridized carbons (Fsp3) is 0.545. The third kappa shape index (κ3) is 3.93. The molecule has 5 nitrogen and oxygen atoms in total. The molecule has 0 amide bonds. The van der Waals surface area contributed by atoms with Gasteiger partial charge >= 0.3 is 0 Å². The van der Waals surface area contributed by atoms with Crippen LogP contribution in [-0.2, 0) is 13.0 Å². The number of hydrogen-bond acceptors (Lipinski definition) is 5. The van der Waals surface area contributed by atoms with E-state index < -0.39 is 0 Å². The van der Waals surface area contributed by atoms with Gasteiger partial charge in [-0.05, 0) is 57.8 Å². The summed E-state index contributed by atoms with van der Waals surface area (Å²) in [6.45, 7) is 8.35. The second-order valence-corrected chi connectivity index (χ2v) is 7.90. The van der Waals surface area contributed by atoms with E-state index in [1.807, 2.05) is 19.1 Å². The van der Waals surface area contributed by atoms with Crippen molar-refractivity contribution < 1.29 is 4.74 Å². The summed E-state index contributed by atoms with van der Waals surface area (Å²) in [5.74, 6) is 2.84. The highest BCUT2D eigenvalue weighted by molar-refractivity contribution is 5.53. The van der Waals surface area contributed by atoms with Gasteiger partial charge in [0.2, 0.25) is 0 Å². The molecule has 5 heteroatoms. The summed E-state index contributed by atoms with van der Waals surface area (Å²) >= 11 is 0. The molecule has 1 aromatic heterocycles. The fourth-order valence-corrected chi connectivity index (χ4v) is 4.23. The van der Waals surface area contributed by atoms with Crippen LogP contribution < -0.4 is 9.64 Å². The first kappa shape index (κ1) is 18.2. The van der Waals surface area contributed by atoms with Gasteiger partial charge in [-0.15, -0.1) is 0 Å². The first-order valence-corrected chi connectivity index (χ1v) is 10.1. The molecule has 0 bridgehead atoms. The first-order chi connectivity index (χ1) is 13.1. The van der Waals surface area contributed by atoms with Crippen LogP contribution in [0.4, 0.5) is 5.82 Å². The van der Waals surface area contributed by atoms with Gasteiger partial charge in [0, 0.05) is 31.6 Å². The molecule has 1 fully saturated rings. The SMILES string of the molecule is Cc1nc2c(c(N(C)CC[C@H](C)N3CCCC3)n1)Cc1ccccc1OC2. The average molecular weight is 367 g/mol. The van der Waals surface area contributed by atoms with Crippen LogP contribution in [0.15, 0.2) is 24.3 Å². The minimum Gasteiger partial charge on any atom is -0.487 e. The Bertz CT molecular complexity index is 801. The Labute approximate surface area is 162 Å². The van der Waals surface area contributed by atoms with E-state index in [0.717, 1.165) is 42.5 Å². The smallest absolute Gasteiger partial charge is 0.135 e. The molecule has 0 radical (unpaired) electrons. The summed E-state index contributed by atoms with van der Waals surface area (Å²) in [6.07, 6.45) is 4.67. The zero-order valence-corrected chi connectivity index (χ0v) is 16.7. The van der Waals surface area contributed by atoms with Crippen LogP contribution in [0.3, 0.4) is 0 Å². The summed E-state index contributed by atoms with van der Waals surface area (Å²) in [6, 6.07) is 8.91. The third-order valence-corrected chi connectivity index (χ3v) is 5.89. The van der Waals surface area contributed by atoms with Gasteiger partial charge in [-0.3, -0.25) is 0 Å². The molecular weight excluding hydrogens is 336 g/mol. The Kier molecular flexibility index (Phi) is 5.30. The maximum atomic E-state index is 6.01. The standard InChI is InChI=1S/C22H30N4O/c1-16(26-11-6-7-12-26)10-13-25(3)22-19-14-18-8-4-5-9-21(18)27-15-20(19)23-17(2)24-22/h4-5,8-9,16H,6-7,10-15H2,1-3H3/t16-/m0/s1. The van der Waals surface area contributed by atoms with Gasteiger partial charge in [0.05, 0.1) is 5.69 Å². The van der Waals surface area contributed by atoms with E-state index in [-0.39, 0.29) is 0 Å². The molecule has 144 valence electrons. The number of fused-ring (bicyclic) bond motifs is 2. The molecule has 4 rings (SSSR count). The number of aromatic nitrogens is 2. The number of para-hydroxylation sites is 1. The van der Waals surface area contributed by atoms with Gasteiger partial charge < -0.3 is 14.5 Å². The second-order valence-electron chi connectivity index (χ2n) is 7.90. The van der Waals surface area contributed by atoms with Gasteiger partial charge in [0.25, 0.3) is 0 Å². The van der Waals surface area contributed by atoms with Crippen LogP contribution in [0.5, 0.6) is 5.75 Å². The Morgan fingerprint density at radius 3 is 2.78 bits per heavy atom. The molecule has 0 aliphatic carbocycles. The van der Waals surface area contributed by atoms with Crippen LogP contribution in [0.25, 0.3) is 0 Å². The highest BCUT2D eigenvalue weighted by Crippen LogP contribution is 2.32. The Hall–Kier alpha value is -2.14. The summed E-state index contributed by atoms with van der Waals surface area (Å²) in [4.78, 5) is 14.4. The number of likely N-dealkylation sites (tertiary alicyclic amines) is 1. The van der Waals surface area contributed by atoms with Crippen molar-refractivity contribution in [3.8, 4) is 5.75 Å². The van der Waals surface area contributed by atoms with Crippen LogP contribution in [0.1, 0.15) is 48.8 Å². The maximum absolute atomic E-state index is 6.01. The second kappa shape index (κ2) is 7.85. The number of nitrogens with zero attached hydrogens (tertiary/aromatic N) is 4. The van der Waals surface area contributed by atoms with E-state index >= 15 is 0 Å². The van der Waals surface area contributed by atoms with E-state index in [9.17, 15) is 0 Å². The van der Waals surface area contributed by atoms with Crippen LogP contribution in [0, 0.1) is 6.92 Å². The highest BCUT2D eigenvalue weighted by atomic mass is 16.5. The molecule has 2 aromatic rings. The molecule has 1 aromatic carbocycles. The van der Waals surface area contributed by atoms with E-state index in [1.165, 1.54) is 37.1 Å². The monoisotopic (exact) mass is 366 g/mol. The highest BCUT2D eigenvalue weighted by Gasteiger charge is 2.23. The third-order valence-electron chi connectivity index (χ3n) is 5.89. The number of anilines is 1. The van der Waals surface area contributed by atoms with Crippen LogP contribution in [-0.4, -0.2) is 47.6 Å². The minimum atomic E-state index is 0.515. The van der Waals surface area contributed by atoms with Crippen molar-refractivity contribution >= 4 is 5.82 Å². The summed E-state index contributed by atoms with van der Waals surface area (Å²) in [5.41, 5.74) is 3.44. The lowest BCUT2D eigenvalue weighted by Crippen LogP contribution is -2.34. The summed E-state index contributed by atoms with van der Waals surface area (Å²) in [7, 11) is 2.16. The lowest BCUT2D eigenvalue weighted by molar-refractivity contribution is 0.249. The van der Waals surface area contributed by atoms with Gasteiger partial charge in [-0.2, -0.15) is 0 Å². The molecule has 27 heavy (non-hydrogen) atoms. The molecule has 2 aliphatic heterocycles. The minimum absolute atomic E-state index is 0.515. The van der Waals surface area contributed by atoms with Gasteiger partial charge in [-0.1, -0.05) is 18.2 Å². The van der Waals surface area contributed by atoms with Crippen LogP contribution >= 0.6 is 0 Å². The molecular formula is C22H30N4O. The zero-order chi connectivity index (χ0) is 18.8. The van der Waals surface area contributed by atoms with Crippen molar-refractivity contribution in [3.05, 3.63) is 46.9 Å². The number of rotatable bonds is 5.